The fourth-order valence-electron chi connectivity index (χ4n) is 1.35. The molecular formula is C11H7ClN2O3. The van der Waals surface area contributed by atoms with Gasteiger partial charge in [-0.25, -0.2) is 9.78 Å². The van der Waals surface area contributed by atoms with Crippen LogP contribution in [0.15, 0.2) is 30.5 Å². The number of halogens is 1. The van der Waals surface area contributed by atoms with Crippen molar-refractivity contribution in [3.63, 3.8) is 0 Å². The van der Waals surface area contributed by atoms with E-state index in [1.807, 2.05) is 0 Å². The smallest absolute Gasteiger partial charge is 0.352 e. The van der Waals surface area contributed by atoms with Gasteiger partial charge in [0.15, 0.2) is 0 Å². The van der Waals surface area contributed by atoms with E-state index in [0.717, 1.165) is 0 Å². The summed E-state index contributed by atoms with van der Waals surface area (Å²) in [6, 6.07) is 5.83. The molecular weight excluding hydrogens is 244 g/mol. The van der Waals surface area contributed by atoms with Gasteiger partial charge in [-0.2, -0.15) is 0 Å². The lowest BCUT2D eigenvalue weighted by Crippen LogP contribution is -2.05. The fourth-order valence-corrected chi connectivity index (χ4v) is 1.56. The summed E-state index contributed by atoms with van der Waals surface area (Å²) in [6.45, 7) is 0. The van der Waals surface area contributed by atoms with Gasteiger partial charge in [-0.1, -0.05) is 11.6 Å². The van der Waals surface area contributed by atoms with Crippen LogP contribution in [0.3, 0.4) is 0 Å². The number of hydrogen-bond donors (Lipinski definition) is 2. The summed E-state index contributed by atoms with van der Waals surface area (Å²) in [4.78, 5) is 28.9. The monoisotopic (exact) mass is 250 g/mol. The average molecular weight is 251 g/mol. The van der Waals surface area contributed by atoms with Crippen molar-refractivity contribution in [2.45, 2.75) is 0 Å². The summed E-state index contributed by atoms with van der Waals surface area (Å²) in [5.41, 5.74) is 0.346. The molecule has 2 N–H and O–H groups in total. The number of nitrogens with one attached hydrogen (secondary N) is 1. The van der Waals surface area contributed by atoms with E-state index in [2.05, 4.69) is 9.97 Å². The van der Waals surface area contributed by atoms with Crippen LogP contribution in [0.1, 0.15) is 26.5 Å². The van der Waals surface area contributed by atoms with Crippen LogP contribution >= 0.6 is 11.6 Å². The molecule has 0 aromatic carbocycles. The standard InChI is InChI=1S/C11H7ClN2O3/c12-10-6(2-1-5-13-10)9(15)7-3-4-8(14-7)11(16)17/h1-5,14H,(H,16,17). The molecule has 2 rings (SSSR count). The van der Waals surface area contributed by atoms with Crippen molar-refractivity contribution < 1.29 is 14.7 Å². The number of pyridine rings is 1. The van der Waals surface area contributed by atoms with Crippen molar-refractivity contribution in [3.05, 3.63) is 52.6 Å². The zero-order chi connectivity index (χ0) is 12.4. The van der Waals surface area contributed by atoms with Crippen molar-refractivity contribution in [3.8, 4) is 0 Å². The molecule has 2 aromatic heterocycles. The van der Waals surface area contributed by atoms with Crippen molar-refractivity contribution in [2.24, 2.45) is 0 Å². The molecule has 0 bridgehead atoms. The van der Waals surface area contributed by atoms with Gasteiger partial charge in [0.2, 0.25) is 5.78 Å². The number of carbonyl (C=O) groups is 2. The first-order chi connectivity index (χ1) is 8.09. The molecule has 0 aliphatic carbocycles. The Morgan fingerprint density at radius 3 is 2.53 bits per heavy atom. The molecule has 0 aliphatic heterocycles. The second kappa shape index (κ2) is 4.39. The Balaban J connectivity index is 2.37. The predicted molar refractivity (Wildman–Crippen MR) is 60.4 cm³/mol. The minimum absolute atomic E-state index is 0.0478. The van der Waals surface area contributed by atoms with E-state index in [0.29, 0.717) is 0 Å². The number of aromatic carboxylic acids is 1. The molecule has 0 unspecified atom stereocenters. The Bertz CT molecular complexity index is 592. The van der Waals surface area contributed by atoms with Gasteiger partial charge in [0.25, 0.3) is 0 Å². The number of H-pyrrole nitrogens is 1. The Labute approximate surface area is 101 Å². The second-order valence-electron chi connectivity index (χ2n) is 3.26. The van der Waals surface area contributed by atoms with E-state index >= 15 is 0 Å². The quantitative estimate of drug-likeness (QED) is 0.645. The number of carbonyl (C=O) groups excluding carboxylic acids is 1. The molecule has 5 nitrogen and oxygen atoms in total. The molecule has 0 amide bonds. The van der Waals surface area contributed by atoms with Gasteiger partial charge in [-0.3, -0.25) is 4.79 Å². The first-order valence-electron chi connectivity index (χ1n) is 4.67. The van der Waals surface area contributed by atoms with Crippen LogP contribution in [0.2, 0.25) is 5.15 Å². The maximum Gasteiger partial charge on any atom is 0.352 e. The number of aromatic amines is 1. The Morgan fingerprint density at radius 1 is 1.24 bits per heavy atom. The van der Waals surface area contributed by atoms with Crippen LogP contribution in [-0.4, -0.2) is 26.8 Å². The van der Waals surface area contributed by atoms with Gasteiger partial charge in [-0.05, 0) is 24.3 Å². The molecule has 86 valence electrons. The topological polar surface area (TPSA) is 83.0 Å². The minimum atomic E-state index is -1.12. The zero-order valence-corrected chi connectivity index (χ0v) is 9.23. The zero-order valence-electron chi connectivity index (χ0n) is 8.48. The van der Waals surface area contributed by atoms with E-state index in [4.69, 9.17) is 16.7 Å². The largest absolute Gasteiger partial charge is 0.477 e. The molecule has 0 fully saturated rings. The summed E-state index contributed by atoms with van der Waals surface area (Å²) < 4.78 is 0. The van der Waals surface area contributed by atoms with Crippen molar-refractivity contribution in [2.75, 3.05) is 0 Å². The lowest BCUT2D eigenvalue weighted by Gasteiger charge is -1.99. The highest BCUT2D eigenvalue weighted by atomic mass is 35.5. The van der Waals surface area contributed by atoms with Gasteiger partial charge in [0, 0.05) is 6.20 Å². The number of ketones is 1. The highest BCUT2D eigenvalue weighted by molar-refractivity contribution is 6.33. The van der Waals surface area contributed by atoms with Gasteiger partial charge >= 0.3 is 5.97 Å². The number of hydrogen-bond acceptors (Lipinski definition) is 3. The van der Waals surface area contributed by atoms with E-state index in [-0.39, 0.29) is 22.1 Å². The Kier molecular flexibility index (Phi) is 2.93. The third-order valence-corrected chi connectivity index (χ3v) is 2.47. The van der Waals surface area contributed by atoms with Crippen LogP contribution in [-0.2, 0) is 0 Å². The molecule has 0 radical (unpaired) electrons. The molecule has 0 spiro atoms. The molecule has 2 aromatic rings. The predicted octanol–water partition coefficient (Wildman–Crippen LogP) is 1.99. The third-order valence-electron chi connectivity index (χ3n) is 2.16. The van der Waals surface area contributed by atoms with Crippen LogP contribution in [0.4, 0.5) is 0 Å². The number of carboxylic acids is 1. The molecule has 0 atom stereocenters. The van der Waals surface area contributed by atoms with Crippen LogP contribution < -0.4 is 0 Å². The first-order valence-corrected chi connectivity index (χ1v) is 5.05. The summed E-state index contributed by atoms with van der Waals surface area (Å²) in [7, 11) is 0. The minimum Gasteiger partial charge on any atom is -0.477 e. The van der Waals surface area contributed by atoms with E-state index in [1.165, 1.54) is 24.4 Å². The Morgan fingerprint density at radius 2 is 1.94 bits per heavy atom. The van der Waals surface area contributed by atoms with Crippen LogP contribution in [0.5, 0.6) is 0 Å². The number of rotatable bonds is 3. The SMILES string of the molecule is O=C(O)c1ccc(C(=O)c2cccnc2Cl)[nH]1. The molecule has 6 heteroatoms. The molecule has 2 heterocycles. The van der Waals surface area contributed by atoms with Crippen LogP contribution in [0, 0.1) is 0 Å². The highest BCUT2D eigenvalue weighted by Gasteiger charge is 2.16. The maximum absolute atomic E-state index is 12.0. The highest BCUT2D eigenvalue weighted by Crippen LogP contribution is 2.16. The third kappa shape index (κ3) is 2.19. The molecule has 17 heavy (non-hydrogen) atoms. The molecule has 0 saturated carbocycles. The summed E-state index contributed by atoms with van der Waals surface area (Å²) in [6.07, 6.45) is 1.47. The average Bonchev–Trinajstić information content (AvgIpc) is 2.78. The summed E-state index contributed by atoms with van der Waals surface area (Å²) >= 11 is 5.78. The van der Waals surface area contributed by atoms with E-state index in [9.17, 15) is 9.59 Å². The van der Waals surface area contributed by atoms with E-state index < -0.39 is 11.8 Å². The summed E-state index contributed by atoms with van der Waals surface area (Å²) in [5, 5.41) is 8.81. The van der Waals surface area contributed by atoms with Crippen molar-refractivity contribution in [1.82, 2.24) is 9.97 Å². The number of aromatic nitrogens is 2. The normalized spacial score (nSPS) is 10.2. The van der Waals surface area contributed by atoms with Gasteiger partial charge < -0.3 is 10.1 Å². The lowest BCUT2D eigenvalue weighted by molar-refractivity contribution is 0.0691. The number of carboxylic acid groups (broad SMARTS) is 1. The Hall–Kier alpha value is -2.14. The van der Waals surface area contributed by atoms with Crippen molar-refractivity contribution in [1.29, 1.82) is 0 Å². The summed E-state index contributed by atoms with van der Waals surface area (Å²) in [5.74, 6) is -1.52. The van der Waals surface area contributed by atoms with Gasteiger partial charge in [-0.15, -0.1) is 0 Å². The maximum atomic E-state index is 12.0. The molecule has 0 saturated heterocycles. The lowest BCUT2D eigenvalue weighted by atomic mass is 10.1. The first kappa shape index (κ1) is 11.3. The number of nitrogens with zero attached hydrogens (tertiary/aromatic N) is 1. The fraction of sp³-hybridized carbons (Fsp3) is 0. The van der Waals surface area contributed by atoms with Gasteiger partial charge in [0.1, 0.15) is 10.8 Å². The van der Waals surface area contributed by atoms with Crippen molar-refractivity contribution >= 4 is 23.4 Å². The molecule has 0 aliphatic rings. The van der Waals surface area contributed by atoms with Gasteiger partial charge in [0.05, 0.1) is 11.3 Å². The van der Waals surface area contributed by atoms with Crippen LogP contribution in [0.25, 0.3) is 0 Å². The van der Waals surface area contributed by atoms with E-state index in [1.54, 1.807) is 6.07 Å². The second-order valence-corrected chi connectivity index (χ2v) is 3.62.